The Hall–Kier alpha value is -1.73. The first-order chi connectivity index (χ1) is 14.0. The van der Waals surface area contributed by atoms with Crippen LogP contribution in [-0.4, -0.2) is 50.4 Å². The number of hydrogen-bond acceptors (Lipinski definition) is 7. The van der Waals surface area contributed by atoms with Crippen LogP contribution in [0.25, 0.3) is 0 Å². The fraction of sp³-hybridized carbons (Fsp3) is 0.773. The number of hydrogen-bond donors (Lipinski definition) is 0. The second kappa shape index (κ2) is 12.8. The predicted molar refractivity (Wildman–Crippen MR) is 106 cm³/mol. The highest BCUT2D eigenvalue weighted by Crippen LogP contribution is 2.39. The molecule has 1 heterocycles. The largest absolute Gasteiger partial charge is 0.469 e. The summed E-state index contributed by atoms with van der Waals surface area (Å²) in [6, 6.07) is 0. The molecule has 1 unspecified atom stereocenters. The van der Waals surface area contributed by atoms with Gasteiger partial charge in [0.1, 0.15) is 12.4 Å². The molecule has 0 bridgehead atoms. The maximum Gasteiger partial charge on any atom is 0.305 e. The second-order valence-corrected chi connectivity index (χ2v) is 7.76. The molecular weight excluding hydrogens is 376 g/mol. The van der Waals surface area contributed by atoms with Gasteiger partial charge in [0.15, 0.2) is 6.29 Å². The average Bonchev–Trinajstić information content (AvgIpc) is 3.02. The summed E-state index contributed by atoms with van der Waals surface area (Å²) in [6.07, 6.45) is 11.2. The zero-order valence-electron chi connectivity index (χ0n) is 17.5. The minimum absolute atomic E-state index is 0.101. The zero-order valence-corrected chi connectivity index (χ0v) is 17.5. The van der Waals surface area contributed by atoms with Gasteiger partial charge in [0.05, 0.1) is 13.2 Å². The fourth-order valence-electron chi connectivity index (χ4n) is 4.10. The van der Waals surface area contributed by atoms with Gasteiger partial charge in [-0.05, 0) is 44.9 Å². The van der Waals surface area contributed by atoms with Gasteiger partial charge in [-0.1, -0.05) is 12.2 Å². The third kappa shape index (κ3) is 7.90. The molecule has 29 heavy (non-hydrogen) atoms. The van der Waals surface area contributed by atoms with E-state index in [0.717, 1.165) is 44.8 Å². The van der Waals surface area contributed by atoms with Crippen LogP contribution in [0.1, 0.15) is 64.7 Å². The van der Waals surface area contributed by atoms with Crippen molar-refractivity contribution in [1.82, 2.24) is 0 Å². The van der Waals surface area contributed by atoms with E-state index in [9.17, 15) is 14.4 Å². The van der Waals surface area contributed by atoms with E-state index in [0.29, 0.717) is 25.9 Å². The van der Waals surface area contributed by atoms with E-state index < -0.39 is 0 Å². The molecule has 0 amide bonds. The molecule has 5 atom stereocenters. The number of carbonyl (C=O) groups is 3. The first-order valence-corrected chi connectivity index (χ1v) is 10.7. The van der Waals surface area contributed by atoms with Gasteiger partial charge in [0.2, 0.25) is 0 Å². The number of carbonyl (C=O) groups excluding carboxylic acids is 3. The van der Waals surface area contributed by atoms with Gasteiger partial charge >= 0.3 is 11.9 Å². The van der Waals surface area contributed by atoms with E-state index in [2.05, 4.69) is 10.8 Å². The van der Waals surface area contributed by atoms with Gasteiger partial charge in [-0.3, -0.25) is 9.59 Å². The molecule has 2 rings (SSSR count). The molecule has 2 aliphatic rings. The Kier molecular flexibility index (Phi) is 10.4. The summed E-state index contributed by atoms with van der Waals surface area (Å²) in [4.78, 5) is 34.5. The topological polar surface area (TPSA) is 88.1 Å². The average molecular weight is 411 g/mol. The summed E-state index contributed by atoms with van der Waals surface area (Å²) in [6.45, 7) is 2.07. The van der Waals surface area contributed by atoms with Crippen molar-refractivity contribution in [2.75, 3.05) is 13.7 Å². The molecule has 0 aromatic carbocycles. The normalized spacial score (nSPS) is 29.7. The summed E-state index contributed by atoms with van der Waals surface area (Å²) >= 11 is 0. The molecule has 7 heteroatoms. The smallest absolute Gasteiger partial charge is 0.305 e. The first-order valence-electron chi connectivity index (χ1n) is 10.7. The summed E-state index contributed by atoms with van der Waals surface area (Å²) in [7, 11) is 1.39. The molecule has 1 saturated heterocycles. The molecule has 1 saturated carbocycles. The van der Waals surface area contributed by atoms with Crippen molar-refractivity contribution < 1.29 is 33.3 Å². The van der Waals surface area contributed by atoms with Crippen molar-refractivity contribution in [2.24, 2.45) is 11.8 Å². The van der Waals surface area contributed by atoms with Crippen molar-refractivity contribution in [3.05, 3.63) is 12.2 Å². The molecule has 0 aromatic rings. The van der Waals surface area contributed by atoms with E-state index in [4.69, 9.17) is 14.2 Å². The van der Waals surface area contributed by atoms with E-state index >= 15 is 0 Å². The molecule has 1 aliphatic heterocycles. The molecule has 164 valence electrons. The van der Waals surface area contributed by atoms with Crippen LogP contribution in [0.5, 0.6) is 0 Å². The summed E-state index contributed by atoms with van der Waals surface area (Å²) in [5.74, 6) is -0.956. The minimum atomic E-state index is -0.342. The third-order valence-electron chi connectivity index (χ3n) is 5.61. The van der Waals surface area contributed by atoms with Crippen LogP contribution in [0.2, 0.25) is 0 Å². The highest BCUT2D eigenvalue weighted by molar-refractivity contribution is 5.69. The molecular formula is C22H34O7. The Morgan fingerprint density at radius 2 is 1.97 bits per heavy atom. The molecule has 0 spiro atoms. The van der Waals surface area contributed by atoms with Gasteiger partial charge < -0.3 is 23.7 Å². The quantitative estimate of drug-likeness (QED) is 0.223. The number of rotatable bonds is 11. The van der Waals surface area contributed by atoms with E-state index in [1.165, 1.54) is 14.0 Å². The van der Waals surface area contributed by atoms with Crippen molar-refractivity contribution in [2.45, 2.75) is 83.2 Å². The Morgan fingerprint density at radius 3 is 2.62 bits per heavy atom. The number of unbranched alkanes of at least 4 members (excludes halogenated alkanes) is 2. The summed E-state index contributed by atoms with van der Waals surface area (Å²) in [5.41, 5.74) is 0. The van der Waals surface area contributed by atoms with Crippen molar-refractivity contribution >= 4 is 18.2 Å². The number of allylic oxidation sites excluding steroid dienone is 2. The monoisotopic (exact) mass is 410 g/mol. The van der Waals surface area contributed by atoms with Crippen molar-refractivity contribution in [3.8, 4) is 0 Å². The maximum atomic E-state index is 11.8. The SMILES string of the molecule is COC(=O)CCCCC=CC[C@@H]1[C@@H](C=O)[C@H](OC2CCCCO2)C[C@@H]1OC(C)=O. The molecule has 0 N–H and O–H groups in total. The Labute approximate surface area is 173 Å². The van der Waals surface area contributed by atoms with Gasteiger partial charge in [-0.25, -0.2) is 0 Å². The fourth-order valence-corrected chi connectivity index (χ4v) is 4.10. The summed E-state index contributed by atoms with van der Waals surface area (Å²) in [5, 5.41) is 0. The predicted octanol–water partition coefficient (Wildman–Crippen LogP) is 3.34. The van der Waals surface area contributed by atoms with Crippen LogP contribution in [0.15, 0.2) is 12.2 Å². The summed E-state index contributed by atoms with van der Waals surface area (Å²) < 4.78 is 21.9. The van der Waals surface area contributed by atoms with Crippen LogP contribution < -0.4 is 0 Å². The highest BCUT2D eigenvalue weighted by Gasteiger charge is 2.46. The highest BCUT2D eigenvalue weighted by atomic mass is 16.7. The van der Waals surface area contributed by atoms with Crippen molar-refractivity contribution in [1.29, 1.82) is 0 Å². The zero-order chi connectivity index (χ0) is 21.1. The number of aldehydes is 1. The lowest BCUT2D eigenvalue weighted by Crippen LogP contribution is -2.32. The van der Waals surface area contributed by atoms with Crippen molar-refractivity contribution in [3.63, 3.8) is 0 Å². The standard InChI is InChI=1S/C22H34O7/c1-16(24)28-19-14-20(29-22-12-8-9-13-27-22)18(15-23)17(19)10-6-4-3-5-7-11-21(25)26-2/h4,6,15,17-20,22H,3,5,7-14H2,1-2H3/t17-,18-,19+,20-,22?/m1/s1. The maximum absolute atomic E-state index is 11.8. The second-order valence-electron chi connectivity index (χ2n) is 7.76. The van der Waals surface area contributed by atoms with Crippen LogP contribution in [-0.2, 0) is 33.3 Å². The van der Waals surface area contributed by atoms with Crippen LogP contribution in [0.4, 0.5) is 0 Å². The minimum Gasteiger partial charge on any atom is -0.469 e. The number of methoxy groups -OCH3 is 1. The van der Waals surface area contributed by atoms with Gasteiger partial charge in [0, 0.05) is 38.2 Å². The van der Waals surface area contributed by atoms with Crippen LogP contribution >= 0.6 is 0 Å². The number of esters is 2. The molecule has 0 radical (unpaired) electrons. The Bertz CT molecular complexity index is 553. The lowest BCUT2D eigenvalue weighted by Gasteiger charge is -2.27. The first kappa shape index (κ1) is 23.5. The lowest BCUT2D eigenvalue weighted by molar-refractivity contribution is -0.195. The van der Waals surface area contributed by atoms with E-state index in [-0.39, 0.29) is 42.3 Å². The Morgan fingerprint density at radius 1 is 1.14 bits per heavy atom. The van der Waals surface area contributed by atoms with Crippen LogP contribution in [0.3, 0.4) is 0 Å². The third-order valence-corrected chi connectivity index (χ3v) is 5.61. The Balaban J connectivity index is 1.87. The van der Waals surface area contributed by atoms with E-state index in [1.807, 2.05) is 6.08 Å². The lowest BCUT2D eigenvalue weighted by atomic mass is 9.91. The molecule has 0 aromatic heterocycles. The molecule has 1 aliphatic carbocycles. The van der Waals surface area contributed by atoms with Crippen LogP contribution in [0, 0.1) is 11.8 Å². The van der Waals surface area contributed by atoms with Gasteiger partial charge in [-0.15, -0.1) is 0 Å². The van der Waals surface area contributed by atoms with Gasteiger partial charge in [-0.2, -0.15) is 0 Å². The van der Waals surface area contributed by atoms with E-state index in [1.54, 1.807) is 0 Å². The number of ether oxygens (including phenoxy) is 4. The molecule has 2 fully saturated rings. The molecule has 7 nitrogen and oxygen atoms in total. The van der Waals surface area contributed by atoms with Gasteiger partial charge in [0.25, 0.3) is 0 Å².